The van der Waals surface area contributed by atoms with Gasteiger partial charge in [-0.05, 0) is 61.1 Å². The molecule has 2 fully saturated rings. The zero-order chi connectivity index (χ0) is 23.2. The number of aliphatic hydroxyl groups excluding tert-OH is 2. The van der Waals surface area contributed by atoms with Crippen LogP contribution >= 0.6 is 0 Å². The minimum atomic E-state index is -0.994. The lowest BCUT2D eigenvalue weighted by Gasteiger charge is -2.45. The number of fused-ring (bicyclic) bond motifs is 2. The molecule has 2 saturated carbocycles. The maximum Gasteiger partial charge on any atom is 0.335 e. The second-order valence-electron chi connectivity index (χ2n) is 9.72. The first-order valence-electron chi connectivity index (χ1n) is 11.7. The van der Waals surface area contributed by atoms with Crippen molar-refractivity contribution in [3.63, 3.8) is 0 Å². The van der Waals surface area contributed by atoms with Crippen molar-refractivity contribution in [3.8, 4) is 5.75 Å². The Kier molecular flexibility index (Phi) is 5.75. The summed E-state index contributed by atoms with van der Waals surface area (Å²) in [5.74, 6) is -0.811. The van der Waals surface area contributed by atoms with Crippen LogP contribution in [0.4, 0.5) is 4.39 Å². The first-order valence-corrected chi connectivity index (χ1v) is 11.7. The molecule has 5 nitrogen and oxygen atoms in total. The number of aliphatic hydroxyl groups is 2. The van der Waals surface area contributed by atoms with Crippen molar-refractivity contribution >= 4 is 5.97 Å². The molecule has 33 heavy (non-hydrogen) atoms. The van der Waals surface area contributed by atoms with Gasteiger partial charge in [-0.1, -0.05) is 36.8 Å². The number of hydrogen-bond acceptors (Lipinski definition) is 4. The van der Waals surface area contributed by atoms with Gasteiger partial charge in [-0.15, -0.1) is 0 Å². The number of benzene rings is 2. The number of rotatable bonds is 5. The van der Waals surface area contributed by atoms with Crippen LogP contribution in [0.15, 0.2) is 54.6 Å². The molecule has 0 bridgehead atoms. The molecule has 3 aliphatic rings. The number of carboxylic acid groups (broad SMARTS) is 1. The second-order valence-corrected chi connectivity index (χ2v) is 9.72. The highest BCUT2D eigenvalue weighted by Gasteiger charge is 2.46. The molecular formula is C27H29FO5. The molecular weight excluding hydrogens is 423 g/mol. The van der Waals surface area contributed by atoms with Crippen molar-refractivity contribution in [1.29, 1.82) is 0 Å². The van der Waals surface area contributed by atoms with Crippen molar-refractivity contribution in [2.45, 2.75) is 62.3 Å². The van der Waals surface area contributed by atoms with Crippen LogP contribution in [0.3, 0.4) is 0 Å². The first-order chi connectivity index (χ1) is 15.9. The summed E-state index contributed by atoms with van der Waals surface area (Å²) in [6.45, 7) is 0. The standard InChI is InChI=1S/C27H29FO5/c28-19-4-1-3-18(14-19)27(11-2-12-27)25(30)10-9-20-21-8-7-16-5-6-17(26(31)32)13-23(16)33-24(21)15-22(20)29/h1,3-6,9-10,13-14,20-22,24-25,29-30H,2,7-8,11-12,15H2,(H,31,32)/b10-9+/t20-,21-,22-,24+,25?/m1/s1. The SMILES string of the molecule is O=C(O)c1ccc2c(c1)O[C@H]1C[C@@H](O)[C@H](/C=C/C(O)C3(c4cccc(F)c4)CCC3)[C@H]1CC2. The summed E-state index contributed by atoms with van der Waals surface area (Å²) in [5.41, 5.74) is 1.50. The lowest BCUT2D eigenvalue weighted by molar-refractivity contribution is 0.0612. The van der Waals surface area contributed by atoms with E-state index in [-0.39, 0.29) is 29.3 Å². The fourth-order valence-electron chi connectivity index (χ4n) is 5.91. The largest absolute Gasteiger partial charge is 0.490 e. The fourth-order valence-corrected chi connectivity index (χ4v) is 5.91. The Hall–Kier alpha value is -2.70. The fraction of sp³-hybridized carbons (Fsp3) is 0.444. The summed E-state index contributed by atoms with van der Waals surface area (Å²) >= 11 is 0. The molecule has 0 amide bonds. The summed E-state index contributed by atoms with van der Waals surface area (Å²) in [6, 6.07) is 11.5. The topological polar surface area (TPSA) is 87.0 Å². The van der Waals surface area contributed by atoms with Gasteiger partial charge in [-0.3, -0.25) is 0 Å². The van der Waals surface area contributed by atoms with Gasteiger partial charge in [0.05, 0.1) is 17.8 Å². The summed E-state index contributed by atoms with van der Waals surface area (Å²) in [6.07, 6.45) is 6.71. The number of carbonyl (C=O) groups is 1. The van der Waals surface area contributed by atoms with Gasteiger partial charge in [0.2, 0.25) is 0 Å². The van der Waals surface area contributed by atoms with Crippen molar-refractivity contribution in [2.24, 2.45) is 11.8 Å². The summed E-state index contributed by atoms with van der Waals surface area (Å²) in [4.78, 5) is 11.3. The van der Waals surface area contributed by atoms with Crippen LogP contribution < -0.4 is 4.74 Å². The van der Waals surface area contributed by atoms with E-state index in [0.717, 1.165) is 43.2 Å². The van der Waals surface area contributed by atoms with Gasteiger partial charge >= 0.3 is 5.97 Å². The van der Waals surface area contributed by atoms with E-state index in [1.165, 1.54) is 12.1 Å². The number of aryl methyl sites for hydroxylation is 1. The third-order valence-corrected chi connectivity index (χ3v) is 7.96. The number of hydrogen-bond donors (Lipinski definition) is 3. The van der Waals surface area contributed by atoms with Gasteiger partial charge in [0.1, 0.15) is 17.7 Å². The predicted octanol–water partition coefficient (Wildman–Crippen LogP) is 4.25. The third kappa shape index (κ3) is 3.96. The Morgan fingerprint density at radius 3 is 2.73 bits per heavy atom. The van der Waals surface area contributed by atoms with Crippen LogP contribution in [0.2, 0.25) is 0 Å². The third-order valence-electron chi connectivity index (χ3n) is 7.96. The van der Waals surface area contributed by atoms with Crippen molar-refractivity contribution in [3.05, 3.63) is 77.1 Å². The molecule has 1 aliphatic heterocycles. The molecule has 2 aromatic carbocycles. The minimum Gasteiger partial charge on any atom is -0.490 e. The Bertz CT molecular complexity index is 1080. The van der Waals surface area contributed by atoms with E-state index in [0.29, 0.717) is 12.2 Å². The van der Waals surface area contributed by atoms with E-state index >= 15 is 0 Å². The van der Waals surface area contributed by atoms with Crippen LogP contribution in [0, 0.1) is 17.7 Å². The highest BCUT2D eigenvalue weighted by atomic mass is 19.1. The Balaban J connectivity index is 1.34. The minimum absolute atomic E-state index is 0.0654. The molecule has 0 spiro atoms. The molecule has 0 saturated heterocycles. The molecule has 1 unspecified atom stereocenters. The van der Waals surface area contributed by atoms with Gasteiger partial charge in [0.15, 0.2) is 0 Å². The van der Waals surface area contributed by atoms with E-state index in [1.807, 2.05) is 18.2 Å². The maximum atomic E-state index is 13.8. The molecule has 1 heterocycles. The number of carboxylic acids is 1. The monoisotopic (exact) mass is 452 g/mol. The normalized spacial score (nSPS) is 28.8. The van der Waals surface area contributed by atoms with Crippen LogP contribution in [-0.2, 0) is 11.8 Å². The molecule has 5 rings (SSSR count). The van der Waals surface area contributed by atoms with E-state index < -0.39 is 23.6 Å². The van der Waals surface area contributed by atoms with Gasteiger partial charge in [-0.25, -0.2) is 9.18 Å². The molecule has 0 radical (unpaired) electrons. The zero-order valence-electron chi connectivity index (χ0n) is 18.4. The highest BCUT2D eigenvalue weighted by Crippen LogP contribution is 2.48. The van der Waals surface area contributed by atoms with Crippen LogP contribution in [0.25, 0.3) is 0 Å². The van der Waals surface area contributed by atoms with Crippen LogP contribution in [0.5, 0.6) is 5.75 Å². The Labute approximate surface area is 192 Å². The lowest BCUT2D eigenvalue weighted by atomic mass is 9.61. The molecule has 174 valence electrons. The number of halogens is 1. The van der Waals surface area contributed by atoms with E-state index in [9.17, 15) is 24.5 Å². The number of ether oxygens (including phenoxy) is 1. The van der Waals surface area contributed by atoms with Crippen molar-refractivity contribution < 1.29 is 29.2 Å². The highest BCUT2D eigenvalue weighted by molar-refractivity contribution is 5.88. The molecule has 5 atom stereocenters. The van der Waals surface area contributed by atoms with E-state index in [2.05, 4.69) is 0 Å². The number of aromatic carboxylic acids is 1. The van der Waals surface area contributed by atoms with Crippen LogP contribution in [0.1, 0.15) is 53.6 Å². The molecule has 2 aliphatic carbocycles. The maximum absolute atomic E-state index is 13.8. The Morgan fingerprint density at radius 1 is 1.21 bits per heavy atom. The quantitative estimate of drug-likeness (QED) is 0.591. The van der Waals surface area contributed by atoms with Gasteiger partial charge in [0, 0.05) is 23.7 Å². The van der Waals surface area contributed by atoms with Gasteiger partial charge in [-0.2, -0.15) is 0 Å². The van der Waals surface area contributed by atoms with Gasteiger partial charge in [0.25, 0.3) is 0 Å². The summed E-state index contributed by atoms with van der Waals surface area (Å²) in [7, 11) is 0. The molecule has 0 aromatic heterocycles. The van der Waals surface area contributed by atoms with Gasteiger partial charge < -0.3 is 20.1 Å². The predicted molar refractivity (Wildman–Crippen MR) is 121 cm³/mol. The summed E-state index contributed by atoms with van der Waals surface area (Å²) in [5, 5.41) is 31.2. The molecule has 2 aromatic rings. The smallest absolute Gasteiger partial charge is 0.335 e. The summed E-state index contributed by atoms with van der Waals surface area (Å²) < 4.78 is 20.0. The average Bonchev–Trinajstić information content (AvgIpc) is 2.92. The second kappa shape index (κ2) is 8.58. The lowest BCUT2D eigenvalue weighted by Crippen LogP contribution is -2.44. The molecule has 3 N–H and O–H groups in total. The molecule has 6 heteroatoms. The Morgan fingerprint density at radius 2 is 2.03 bits per heavy atom. The first kappa shape index (κ1) is 22.1. The zero-order valence-corrected chi connectivity index (χ0v) is 18.4. The van der Waals surface area contributed by atoms with Crippen molar-refractivity contribution in [2.75, 3.05) is 0 Å². The van der Waals surface area contributed by atoms with Crippen molar-refractivity contribution in [1.82, 2.24) is 0 Å². The van der Waals surface area contributed by atoms with Crippen LogP contribution in [-0.4, -0.2) is 39.6 Å². The van der Waals surface area contributed by atoms with E-state index in [4.69, 9.17) is 4.74 Å². The van der Waals surface area contributed by atoms with E-state index in [1.54, 1.807) is 24.3 Å². The average molecular weight is 453 g/mol.